The smallest absolute Gasteiger partial charge is 0.242 e. The van der Waals surface area contributed by atoms with Gasteiger partial charge < -0.3 is 20.1 Å². The second kappa shape index (κ2) is 4.92. The van der Waals surface area contributed by atoms with Crippen LogP contribution in [0.15, 0.2) is 0 Å². The van der Waals surface area contributed by atoms with E-state index in [4.69, 9.17) is 9.84 Å². The molecule has 1 unspecified atom stereocenters. The van der Waals surface area contributed by atoms with Crippen molar-refractivity contribution < 1.29 is 14.6 Å². The van der Waals surface area contributed by atoms with Gasteiger partial charge in [0.15, 0.2) is 0 Å². The Hall–Kier alpha value is -0.650. The maximum Gasteiger partial charge on any atom is 0.242 e. The van der Waals surface area contributed by atoms with Gasteiger partial charge >= 0.3 is 0 Å². The number of amides is 1. The average Bonchev–Trinajstić information content (AvgIpc) is 2.17. The first-order valence-electron chi connectivity index (χ1n) is 5.17. The number of carbonyl (C=O) groups is 1. The van der Waals surface area contributed by atoms with Gasteiger partial charge in [0.1, 0.15) is 6.04 Å². The highest BCUT2D eigenvalue weighted by Gasteiger charge is 2.39. The number of hydrogen-bond acceptors (Lipinski definition) is 4. The van der Waals surface area contributed by atoms with E-state index >= 15 is 0 Å². The van der Waals surface area contributed by atoms with Crippen LogP contribution in [0.3, 0.4) is 0 Å². The first-order valence-corrected chi connectivity index (χ1v) is 5.17. The molecule has 5 heteroatoms. The van der Waals surface area contributed by atoms with E-state index < -0.39 is 6.04 Å². The Morgan fingerprint density at radius 3 is 2.87 bits per heavy atom. The fourth-order valence-electron chi connectivity index (χ4n) is 1.78. The molecule has 0 saturated carbocycles. The van der Waals surface area contributed by atoms with Gasteiger partial charge in [-0.3, -0.25) is 4.79 Å². The van der Waals surface area contributed by atoms with Gasteiger partial charge in [-0.1, -0.05) is 0 Å². The molecule has 1 atom stereocenters. The Bertz CT molecular complexity index is 231. The molecular formula is C10H20N2O3. The molecule has 5 nitrogen and oxygen atoms in total. The van der Waals surface area contributed by atoms with Crippen LogP contribution in [0.2, 0.25) is 0 Å². The van der Waals surface area contributed by atoms with Gasteiger partial charge in [0.25, 0.3) is 0 Å². The summed E-state index contributed by atoms with van der Waals surface area (Å²) in [4.78, 5) is 13.7. The second-order valence-electron chi connectivity index (χ2n) is 4.41. The lowest BCUT2D eigenvalue weighted by molar-refractivity contribution is -0.144. The number of rotatable bonds is 4. The summed E-state index contributed by atoms with van der Waals surface area (Å²) in [5.41, 5.74) is -0.221. The normalized spacial score (nSPS) is 25.7. The van der Waals surface area contributed by atoms with Gasteiger partial charge in [-0.15, -0.1) is 0 Å². The first-order chi connectivity index (χ1) is 7.03. The number of carbonyl (C=O) groups excluding carboxylic acids is 1. The molecule has 1 saturated heterocycles. The number of ether oxygens (including phenoxy) is 1. The minimum Gasteiger partial charge on any atom is -0.394 e. The number of piperazine rings is 1. The molecule has 0 spiro atoms. The van der Waals surface area contributed by atoms with Gasteiger partial charge in [-0.05, 0) is 13.8 Å². The summed E-state index contributed by atoms with van der Waals surface area (Å²) >= 11 is 0. The summed E-state index contributed by atoms with van der Waals surface area (Å²) in [5.74, 6) is -0.0502. The van der Waals surface area contributed by atoms with E-state index in [0.717, 1.165) is 0 Å². The topological polar surface area (TPSA) is 61.8 Å². The van der Waals surface area contributed by atoms with Crippen molar-refractivity contribution in [2.45, 2.75) is 25.4 Å². The van der Waals surface area contributed by atoms with Crippen LogP contribution in [0, 0.1) is 0 Å². The molecular weight excluding hydrogens is 196 g/mol. The average molecular weight is 216 g/mol. The largest absolute Gasteiger partial charge is 0.394 e. The second-order valence-corrected chi connectivity index (χ2v) is 4.41. The zero-order valence-electron chi connectivity index (χ0n) is 9.62. The highest BCUT2D eigenvalue weighted by Crippen LogP contribution is 2.19. The van der Waals surface area contributed by atoms with E-state index in [1.807, 2.05) is 13.8 Å². The molecule has 0 aromatic heterocycles. The summed E-state index contributed by atoms with van der Waals surface area (Å²) in [5, 5.41) is 12.1. The SMILES string of the molecule is COCCN1C(=O)C(CO)NCC1(C)C. The number of methoxy groups -OCH3 is 1. The molecule has 1 fully saturated rings. The Kier molecular flexibility index (Phi) is 4.07. The number of nitrogens with one attached hydrogen (secondary N) is 1. The third kappa shape index (κ3) is 2.68. The van der Waals surface area contributed by atoms with Gasteiger partial charge in [0.2, 0.25) is 5.91 Å². The Morgan fingerprint density at radius 1 is 1.67 bits per heavy atom. The van der Waals surface area contributed by atoms with Crippen molar-refractivity contribution in [2.75, 3.05) is 33.4 Å². The monoisotopic (exact) mass is 216 g/mol. The molecule has 1 aliphatic heterocycles. The molecule has 15 heavy (non-hydrogen) atoms. The first kappa shape index (κ1) is 12.4. The van der Waals surface area contributed by atoms with Crippen LogP contribution in [0.25, 0.3) is 0 Å². The molecule has 0 radical (unpaired) electrons. The molecule has 0 bridgehead atoms. The fraction of sp³-hybridized carbons (Fsp3) is 0.900. The number of hydrogen-bond donors (Lipinski definition) is 2. The fourth-order valence-corrected chi connectivity index (χ4v) is 1.78. The molecule has 1 amide bonds. The van der Waals surface area contributed by atoms with Crippen LogP contribution >= 0.6 is 0 Å². The highest BCUT2D eigenvalue weighted by molar-refractivity contribution is 5.83. The standard InChI is InChI=1S/C10H20N2O3/c1-10(2)7-11-8(6-13)9(14)12(10)4-5-15-3/h8,11,13H,4-7H2,1-3H3. The van der Waals surface area contributed by atoms with Crippen LogP contribution < -0.4 is 5.32 Å². The molecule has 2 N–H and O–H groups in total. The lowest BCUT2D eigenvalue weighted by Gasteiger charge is -2.45. The van der Waals surface area contributed by atoms with Crippen molar-refractivity contribution >= 4 is 5.91 Å². The summed E-state index contributed by atoms with van der Waals surface area (Å²) < 4.78 is 4.98. The predicted octanol–water partition coefficient (Wildman–Crippen LogP) is -0.796. The maximum absolute atomic E-state index is 11.9. The van der Waals surface area contributed by atoms with E-state index in [2.05, 4.69) is 5.32 Å². The molecule has 1 rings (SSSR count). The van der Waals surface area contributed by atoms with Crippen LogP contribution in [0.5, 0.6) is 0 Å². The molecule has 88 valence electrons. The quantitative estimate of drug-likeness (QED) is 0.646. The van der Waals surface area contributed by atoms with Crippen molar-refractivity contribution in [3.63, 3.8) is 0 Å². The third-order valence-electron chi connectivity index (χ3n) is 2.78. The number of aliphatic hydroxyl groups excluding tert-OH is 1. The van der Waals surface area contributed by atoms with Crippen molar-refractivity contribution in [3.05, 3.63) is 0 Å². The number of aliphatic hydroxyl groups is 1. The van der Waals surface area contributed by atoms with Crippen LogP contribution in [-0.4, -0.2) is 60.9 Å². The summed E-state index contributed by atoms with van der Waals surface area (Å²) in [6.07, 6.45) is 0. The molecule has 0 aliphatic carbocycles. The van der Waals surface area contributed by atoms with Crippen molar-refractivity contribution in [1.82, 2.24) is 10.2 Å². The zero-order valence-corrected chi connectivity index (χ0v) is 9.62. The highest BCUT2D eigenvalue weighted by atomic mass is 16.5. The van der Waals surface area contributed by atoms with Crippen LogP contribution in [0.1, 0.15) is 13.8 Å². The summed E-state index contributed by atoms with van der Waals surface area (Å²) in [7, 11) is 1.61. The Balaban J connectivity index is 2.70. The minimum atomic E-state index is -0.463. The van der Waals surface area contributed by atoms with E-state index in [1.54, 1.807) is 12.0 Å². The summed E-state index contributed by atoms with van der Waals surface area (Å²) in [6.45, 7) is 5.63. The molecule has 1 aliphatic rings. The Labute approximate surface area is 90.4 Å². The number of nitrogens with zero attached hydrogens (tertiary/aromatic N) is 1. The lowest BCUT2D eigenvalue weighted by Crippen LogP contribution is -2.66. The Morgan fingerprint density at radius 2 is 2.33 bits per heavy atom. The van der Waals surface area contributed by atoms with Crippen LogP contribution in [-0.2, 0) is 9.53 Å². The van der Waals surface area contributed by atoms with Gasteiger partial charge in [-0.2, -0.15) is 0 Å². The van der Waals surface area contributed by atoms with Gasteiger partial charge in [0, 0.05) is 25.7 Å². The van der Waals surface area contributed by atoms with Crippen molar-refractivity contribution in [1.29, 1.82) is 0 Å². The van der Waals surface area contributed by atoms with Gasteiger partial charge in [0.05, 0.1) is 13.2 Å². The minimum absolute atomic E-state index is 0.0502. The lowest BCUT2D eigenvalue weighted by atomic mass is 9.97. The van der Waals surface area contributed by atoms with Crippen molar-refractivity contribution in [3.8, 4) is 0 Å². The summed E-state index contributed by atoms with van der Waals surface area (Å²) in [6, 6.07) is -0.463. The van der Waals surface area contributed by atoms with Crippen molar-refractivity contribution in [2.24, 2.45) is 0 Å². The predicted molar refractivity (Wildman–Crippen MR) is 56.5 cm³/mol. The van der Waals surface area contributed by atoms with E-state index in [-0.39, 0.29) is 18.1 Å². The third-order valence-corrected chi connectivity index (χ3v) is 2.78. The van der Waals surface area contributed by atoms with E-state index in [0.29, 0.717) is 19.7 Å². The van der Waals surface area contributed by atoms with E-state index in [1.165, 1.54) is 0 Å². The maximum atomic E-state index is 11.9. The van der Waals surface area contributed by atoms with Crippen LogP contribution in [0.4, 0.5) is 0 Å². The molecule has 0 aromatic carbocycles. The van der Waals surface area contributed by atoms with Gasteiger partial charge in [-0.25, -0.2) is 0 Å². The molecule has 1 heterocycles. The zero-order chi connectivity index (χ0) is 11.5. The van der Waals surface area contributed by atoms with E-state index in [9.17, 15) is 4.79 Å². The molecule has 0 aromatic rings.